The van der Waals surface area contributed by atoms with Gasteiger partial charge in [-0.2, -0.15) is 18.3 Å². The van der Waals surface area contributed by atoms with Gasteiger partial charge in [0.1, 0.15) is 0 Å². The number of alkyl halides is 3. The molecule has 2 unspecified atom stereocenters. The van der Waals surface area contributed by atoms with Crippen LogP contribution in [0.5, 0.6) is 0 Å². The predicted molar refractivity (Wildman–Crippen MR) is 60.5 cm³/mol. The molecule has 1 aliphatic rings. The van der Waals surface area contributed by atoms with Crippen molar-refractivity contribution in [2.24, 2.45) is 5.92 Å². The van der Waals surface area contributed by atoms with Crippen LogP contribution in [0.1, 0.15) is 43.8 Å². The summed E-state index contributed by atoms with van der Waals surface area (Å²) in [4.78, 5) is 11.2. The largest absolute Gasteiger partial charge is 0.481 e. The van der Waals surface area contributed by atoms with Crippen LogP contribution in [0.25, 0.3) is 0 Å². The number of aromatic nitrogens is 2. The molecule has 2 atom stereocenters. The summed E-state index contributed by atoms with van der Waals surface area (Å²) in [5, 5.41) is 12.7. The van der Waals surface area contributed by atoms with E-state index in [-0.39, 0.29) is 0 Å². The molecule has 1 aromatic heterocycles. The topological polar surface area (TPSA) is 55.1 Å². The maximum atomic E-state index is 12.5. The Labute approximate surface area is 108 Å². The average molecular weight is 276 g/mol. The summed E-state index contributed by atoms with van der Waals surface area (Å²) in [7, 11) is 0. The molecule has 1 heterocycles. The van der Waals surface area contributed by atoms with E-state index in [1.165, 1.54) is 10.9 Å². The van der Waals surface area contributed by atoms with Crippen molar-refractivity contribution >= 4 is 5.97 Å². The van der Waals surface area contributed by atoms with Gasteiger partial charge in [0.2, 0.25) is 0 Å². The molecule has 0 amide bonds. The molecule has 0 bridgehead atoms. The van der Waals surface area contributed by atoms with Crippen molar-refractivity contribution in [1.82, 2.24) is 9.78 Å². The van der Waals surface area contributed by atoms with E-state index in [2.05, 4.69) is 5.10 Å². The van der Waals surface area contributed by atoms with Gasteiger partial charge in [0.15, 0.2) is 5.69 Å². The summed E-state index contributed by atoms with van der Waals surface area (Å²) >= 11 is 0. The van der Waals surface area contributed by atoms with Gasteiger partial charge in [0.05, 0.1) is 12.0 Å². The first kappa shape index (κ1) is 13.9. The molecule has 1 fully saturated rings. The first-order valence-electron chi connectivity index (χ1n) is 6.25. The van der Waals surface area contributed by atoms with Crippen molar-refractivity contribution in [2.45, 2.75) is 44.3 Å². The fraction of sp³-hybridized carbons (Fsp3) is 0.667. The molecular weight excluding hydrogens is 261 g/mol. The monoisotopic (exact) mass is 276 g/mol. The number of nitrogens with zero attached hydrogens (tertiary/aromatic N) is 2. The lowest BCUT2D eigenvalue weighted by molar-refractivity contribution is -0.144. The molecule has 0 aromatic carbocycles. The van der Waals surface area contributed by atoms with Gasteiger partial charge in [0, 0.05) is 6.20 Å². The smallest absolute Gasteiger partial charge is 0.435 e. The highest BCUT2D eigenvalue weighted by atomic mass is 19.4. The molecule has 106 valence electrons. The van der Waals surface area contributed by atoms with E-state index in [9.17, 15) is 23.1 Å². The second-order valence-corrected chi connectivity index (χ2v) is 4.83. The van der Waals surface area contributed by atoms with Crippen molar-refractivity contribution in [2.75, 3.05) is 0 Å². The second-order valence-electron chi connectivity index (χ2n) is 4.83. The third kappa shape index (κ3) is 3.08. The van der Waals surface area contributed by atoms with Gasteiger partial charge in [0.25, 0.3) is 0 Å². The van der Waals surface area contributed by atoms with Crippen LogP contribution >= 0.6 is 0 Å². The Bertz CT molecular complexity index is 456. The van der Waals surface area contributed by atoms with Gasteiger partial charge in [-0.05, 0) is 18.9 Å². The van der Waals surface area contributed by atoms with Crippen LogP contribution in [0.2, 0.25) is 0 Å². The van der Waals surface area contributed by atoms with Gasteiger partial charge < -0.3 is 5.11 Å². The third-order valence-electron chi connectivity index (χ3n) is 3.54. The van der Waals surface area contributed by atoms with Crippen molar-refractivity contribution in [1.29, 1.82) is 0 Å². The molecular formula is C12H15F3N2O2. The van der Waals surface area contributed by atoms with E-state index in [1.54, 1.807) is 0 Å². The molecule has 0 saturated heterocycles. The Morgan fingerprint density at radius 1 is 1.32 bits per heavy atom. The minimum absolute atomic E-state index is 0.487. The van der Waals surface area contributed by atoms with Gasteiger partial charge >= 0.3 is 12.1 Å². The Hall–Kier alpha value is -1.53. The molecule has 7 heteroatoms. The van der Waals surface area contributed by atoms with Crippen LogP contribution in [-0.4, -0.2) is 20.9 Å². The quantitative estimate of drug-likeness (QED) is 0.844. The Morgan fingerprint density at radius 3 is 2.58 bits per heavy atom. The van der Waals surface area contributed by atoms with Gasteiger partial charge in [-0.15, -0.1) is 0 Å². The fourth-order valence-corrected chi connectivity index (χ4v) is 2.57. The van der Waals surface area contributed by atoms with Crippen molar-refractivity contribution in [3.05, 3.63) is 18.0 Å². The summed E-state index contributed by atoms with van der Waals surface area (Å²) in [6.07, 6.45) is 0.296. The molecule has 1 N–H and O–H groups in total. The Balaban J connectivity index is 2.26. The van der Waals surface area contributed by atoms with Crippen LogP contribution in [0.15, 0.2) is 12.3 Å². The number of hydrogen-bond donors (Lipinski definition) is 1. The zero-order valence-corrected chi connectivity index (χ0v) is 10.2. The summed E-state index contributed by atoms with van der Waals surface area (Å²) < 4.78 is 38.7. The molecule has 1 aromatic rings. The minimum Gasteiger partial charge on any atom is -0.481 e. The van der Waals surface area contributed by atoms with E-state index in [0.717, 1.165) is 25.3 Å². The molecule has 1 aliphatic carbocycles. The van der Waals surface area contributed by atoms with Crippen LogP contribution in [0.4, 0.5) is 13.2 Å². The number of halogens is 3. The fourth-order valence-electron chi connectivity index (χ4n) is 2.57. The maximum absolute atomic E-state index is 12.5. The maximum Gasteiger partial charge on any atom is 0.435 e. The zero-order valence-electron chi connectivity index (χ0n) is 10.2. The van der Waals surface area contributed by atoms with Crippen LogP contribution in [-0.2, 0) is 11.0 Å². The molecule has 19 heavy (non-hydrogen) atoms. The number of carbonyl (C=O) groups is 1. The van der Waals surface area contributed by atoms with Crippen molar-refractivity contribution < 1.29 is 23.1 Å². The molecule has 0 radical (unpaired) electrons. The minimum atomic E-state index is -4.49. The standard InChI is InChI=1S/C12H15F3N2O2/c13-12(14,15)10-6-7-17(16-10)9-5-3-1-2-4-8(9)11(18)19/h6-9H,1-5H2,(H,18,19). The summed E-state index contributed by atoms with van der Waals surface area (Å²) in [6.45, 7) is 0. The normalized spacial score (nSPS) is 25.0. The lowest BCUT2D eigenvalue weighted by atomic mass is 9.95. The predicted octanol–water partition coefficient (Wildman–Crippen LogP) is 3.11. The summed E-state index contributed by atoms with van der Waals surface area (Å²) in [5.74, 6) is -1.63. The van der Waals surface area contributed by atoms with Gasteiger partial charge in [-0.1, -0.05) is 19.3 Å². The van der Waals surface area contributed by atoms with Crippen molar-refractivity contribution in [3.8, 4) is 0 Å². The average Bonchev–Trinajstić information content (AvgIpc) is 2.67. The molecule has 1 saturated carbocycles. The van der Waals surface area contributed by atoms with Gasteiger partial charge in [-0.3, -0.25) is 9.48 Å². The van der Waals surface area contributed by atoms with Crippen molar-refractivity contribution in [3.63, 3.8) is 0 Å². The number of aliphatic carboxylic acids is 1. The highest BCUT2D eigenvalue weighted by Gasteiger charge is 2.36. The number of rotatable bonds is 2. The molecule has 2 rings (SSSR count). The van der Waals surface area contributed by atoms with E-state index < -0.39 is 29.8 Å². The van der Waals surface area contributed by atoms with Crippen LogP contribution in [0, 0.1) is 5.92 Å². The zero-order chi connectivity index (χ0) is 14.0. The highest BCUT2D eigenvalue weighted by molar-refractivity contribution is 5.70. The SMILES string of the molecule is O=C(O)C1CCCCCC1n1ccc(C(F)(F)F)n1. The summed E-state index contributed by atoms with van der Waals surface area (Å²) in [5.41, 5.74) is -0.971. The Morgan fingerprint density at radius 2 is 2.00 bits per heavy atom. The van der Waals surface area contributed by atoms with E-state index in [4.69, 9.17) is 0 Å². The van der Waals surface area contributed by atoms with Crippen LogP contribution in [0.3, 0.4) is 0 Å². The van der Waals surface area contributed by atoms with E-state index in [0.29, 0.717) is 12.8 Å². The molecule has 0 aliphatic heterocycles. The second kappa shape index (κ2) is 5.22. The number of hydrogen-bond acceptors (Lipinski definition) is 2. The Kier molecular flexibility index (Phi) is 3.82. The van der Waals surface area contributed by atoms with E-state index >= 15 is 0 Å². The first-order chi connectivity index (χ1) is 8.89. The first-order valence-corrected chi connectivity index (χ1v) is 6.25. The lowest BCUT2D eigenvalue weighted by Crippen LogP contribution is -2.26. The molecule has 0 spiro atoms. The highest BCUT2D eigenvalue weighted by Crippen LogP contribution is 2.34. The number of carboxylic acid groups (broad SMARTS) is 1. The third-order valence-corrected chi connectivity index (χ3v) is 3.54. The lowest BCUT2D eigenvalue weighted by Gasteiger charge is -2.22. The summed E-state index contributed by atoms with van der Waals surface area (Å²) in [6, 6.07) is 0.403. The number of carboxylic acids is 1. The van der Waals surface area contributed by atoms with Gasteiger partial charge in [-0.25, -0.2) is 0 Å². The van der Waals surface area contributed by atoms with E-state index in [1.807, 2.05) is 0 Å². The van der Waals surface area contributed by atoms with Crippen LogP contribution < -0.4 is 0 Å². The molecule has 4 nitrogen and oxygen atoms in total.